The van der Waals surface area contributed by atoms with E-state index in [1.807, 2.05) is 55.4 Å². The van der Waals surface area contributed by atoms with Gasteiger partial charge in [0.2, 0.25) is 12.6 Å². The molecule has 4 unspecified atom stereocenters. The summed E-state index contributed by atoms with van der Waals surface area (Å²) in [5, 5.41) is 0. The molecule has 0 bridgehead atoms. The zero-order valence-corrected chi connectivity index (χ0v) is 22.3. The summed E-state index contributed by atoms with van der Waals surface area (Å²) in [5.74, 6) is -0.00536. The van der Waals surface area contributed by atoms with Crippen LogP contribution in [0.5, 0.6) is 0 Å². The van der Waals surface area contributed by atoms with E-state index in [-0.39, 0.29) is 11.8 Å². The fourth-order valence-corrected chi connectivity index (χ4v) is 2.99. The number of unbranched alkanes of at least 4 members (excludes halogenated alkanes) is 2. The minimum atomic E-state index is -0.863. The maximum atomic E-state index is 12.8. The van der Waals surface area contributed by atoms with Crippen molar-refractivity contribution in [1.29, 1.82) is 0 Å². The molecule has 0 aromatic heterocycles. The summed E-state index contributed by atoms with van der Waals surface area (Å²) in [7, 11) is 0. The number of carbonyl (C=O) groups is 1. The molecule has 0 aliphatic carbocycles. The molecule has 0 aromatic rings. The minimum absolute atomic E-state index is 0.00268. The molecule has 0 amide bonds. The van der Waals surface area contributed by atoms with Crippen LogP contribution in [0.2, 0.25) is 0 Å². The van der Waals surface area contributed by atoms with E-state index >= 15 is 0 Å². The van der Waals surface area contributed by atoms with Crippen LogP contribution in [-0.4, -0.2) is 29.9 Å². The summed E-state index contributed by atoms with van der Waals surface area (Å²) in [6.45, 7) is 19.6. The Bertz CT molecular complexity index is 440. The predicted octanol–water partition coefficient (Wildman–Crippen LogP) is 7.72. The lowest BCUT2D eigenvalue weighted by atomic mass is 9.99. The Balaban J connectivity index is 5.35. The highest BCUT2D eigenvalue weighted by Crippen LogP contribution is 2.26. The van der Waals surface area contributed by atoms with Crippen LogP contribution < -0.4 is 0 Å². The van der Waals surface area contributed by atoms with Gasteiger partial charge in [0, 0.05) is 11.8 Å². The molecule has 0 aromatic carbocycles. The summed E-state index contributed by atoms with van der Waals surface area (Å²) >= 11 is 0. The third kappa shape index (κ3) is 15.0. The Morgan fingerprint density at radius 3 is 1.25 bits per heavy atom. The summed E-state index contributed by atoms with van der Waals surface area (Å²) < 4.78 is 11.2. The van der Waals surface area contributed by atoms with E-state index in [4.69, 9.17) is 29.0 Å². The number of hydrogen-bond donors (Lipinski definition) is 0. The van der Waals surface area contributed by atoms with Gasteiger partial charge in [0.25, 0.3) is 0 Å². The average molecular weight is 463 g/mol. The van der Waals surface area contributed by atoms with Crippen molar-refractivity contribution in [2.24, 2.45) is 11.8 Å². The first kappa shape index (κ1) is 31.1. The van der Waals surface area contributed by atoms with Gasteiger partial charge in [-0.3, -0.25) is 0 Å². The molecule has 0 rings (SSSR count). The molecule has 4 atom stereocenters. The van der Waals surface area contributed by atoms with Crippen LogP contribution in [0.3, 0.4) is 0 Å². The maximum absolute atomic E-state index is 12.8. The Morgan fingerprint density at radius 1 is 0.656 bits per heavy atom. The van der Waals surface area contributed by atoms with E-state index < -0.39 is 29.9 Å². The molecular formula is C25H50O7. The standard InChI is InChI=1S/C25H50O7/c1-11-15-17-19(13-3)21(29-31-24(5,6)7)27-23(26)28-22(30-32-25(8,9)10)20(14-4)18-16-12-2/h19-22H,11-18H2,1-10H3. The van der Waals surface area contributed by atoms with Crippen LogP contribution in [0.4, 0.5) is 4.79 Å². The lowest BCUT2D eigenvalue weighted by Gasteiger charge is -2.30. The molecule has 0 aliphatic heterocycles. The van der Waals surface area contributed by atoms with Gasteiger partial charge in [-0.1, -0.05) is 53.4 Å². The summed E-state index contributed by atoms with van der Waals surface area (Å²) in [4.78, 5) is 34.9. The second-order valence-electron chi connectivity index (χ2n) is 10.4. The smallest absolute Gasteiger partial charge is 0.401 e. The summed E-state index contributed by atoms with van der Waals surface area (Å²) in [6.07, 6.45) is 4.82. The van der Waals surface area contributed by atoms with Crippen molar-refractivity contribution in [2.75, 3.05) is 0 Å². The van der Waals surface area contributed by atoms with Gasteiger partial charge in [0.05, 0.1) is 11.2 Å². The van der Waals surface area contributed by atoms with Crippen LogP contribution in [0.25, 0.3) is 0 Å². The quantitative estimate of drug-likeness (QED) is 0.101. The number of ether oxygens (including phenoxy) is 2. The lowest BCUT2D eigenvalue weighted by Crippen LogP contribution is -2.37. The van der Waals surface area contributed by atoms with Crippen molar-refractivity contribution in [3.63, 3.8) is 0 Å². The monoisotopic (exact) mass is 462 g/mol. The molecule has 0 saturated heterocycles. The van der Waals surface area contributed by atoms with Gasteiger partial charge in [-0.25, -0.2) is 14.6 Å². The third-order valence-corrected chi connectivity index (χ3v) is 4.89. The predicted molar refractivity (Wildman–Crippen MR) is 126 cm³/mol. The molecule has 7 heteroatoms. The van der Waals surface area contributed by atoms with Crippen LogP contribution in [0.1, 0.15) is 121 Å². The zero-order valence-electron chi connectivity index (χ0n) is 22.3. The van der Waals surface area contributed by atoms with Crippen molar-refractivity contribution >= 4 is 6.16 Å². The molecule has 192 valence electrons. The molecule has 7 nitrogen and oxygen atoms in total. The second kappa shape index (κ2) is 15.9. The Hall–Kier alpha value is -0.890. The minimum Gasteiger partial charge on any atom is -0.401 e. The van der Waals surface area contributed by atoms with Gasteiger partial charge in [-0.2, -0.15) is 9.78 Å². The first-order valence-electron chi connectivity index (χ1n) is 12.4. The van der Waals surface area contributed by atoms with Crippen molar-refractivity contribution in [1.82, 2.24) is 0 Å². The first-order valence-corrected chi connectivity index (χ1v) is 12.4. The van der Waals surface area contributed by atoms with Crippen LogP contribution >= 0.6 is 0 Å². The molecule has 0 radical (unpaired) electrons. The Labute approximate surface area is 196 Å². The molecular weight excluding hydrogens is 412 g/mol. The second-order valence-corrected chi connectivity index (χ2v) is 10.4. The summed E-state index contributed by atoms with van der Waals surface area (Å²) in [5.41, 5.74) is -1.07. The maximum Gasteiger partial charge on any atom is 0.513 e. The number of rotatable bonds is 16. The van der Waals surface area contributed by atoms with Crippen molar-refractivity contribution in [3.8, 4) is 0 Å². The van der Waals surface area contributed by atoms with Crippen LogP contribution in [-0.2, 0) is 29.0 Å². The highest BCUT2D eigenvalue weighted by Gasteiger charge is 2.33. The van der Waals surface area contributed by atoms with Crippen LogP contribution in [0.15, 0.2) is 0 Å². The van der Waals surface area contributed by atoms with E-state index in [1.54, 1.807) is 0 Å². The highest BCUT2D eigenvalue weighted by molar-refractivity contribution is 5.60. The lowest BCUT2D eigenvalue weighted by molar-refractivity contribution is -0.430. The molecule has 32 heavy (non-hydrogen) atoms. The van der Waals surface area contributed by atoms with Crippen molar-refractivity contribution < 1.29 is 33.8 Å². The van der Waals surface area contributed by atoms with Crippen molar-refractivity contribution in [2.45, 2.75) is 144 Å². The van der Waals surface area contributed by atoms with E-state index in [9.17, 15) is 4.79 Å². The van der Waals surface area contributed by atoms with Gasteiger partial charge in [-0.05, 0) is 67.2 Å². The fraction of sp³-hybridized carbons (Fsp3) is 0.960. The van der Waals surface area contributed by atoms with E-state index in [2.05, 4.69) is 13.8 Å². The van der Waals surface area contributed by atoms with Crippen molar-refractivity contribution in [3.05, 3.63) is 0 Å². The first-order chi connectivity index (χ1) is 14.9. The number of carbonyl (C=O) groups excluding carboxylic acids is 1. The van der Waals surface area contributed by atoms with Crippen LogP contribution in [0, 0.1) is 11.8 Å². The molecule has 0 aliphatic rings. The molecule has 0 saturated carbocycles. The normalized spacial score (nSPS) is 16.3. The summed E-state index contributed by atoms with van der Waals surface area (Å²) in [6, 6.07) is 0. The van der Waals surface area contributed by atoms with E-state index in [0.29, 0.717) is 0 Å². The molecule has 0 N–H and O–H groups in total. The fourth-order valence-electron chi connectivity index (χ4n) is 2.99. The topological polar surface area (TPSA) is 72.5 Å². The zero-order chi connectivity index (χ0) is 24.8. The molecule has 0 heterocycles. The Kier molecular flexibility index (Phi) is 15.4. The third-order valence-electron chi connectivity index (χ3n) is 4.89. The highest BCUT2D eigenvalue weighted by atomic mass is 17.2. The van der Waals surface area contributed by atoms with Gasteiger partial charge in [0.1, 0.15) is 0 Å². The van der Waals surface area contributed by atoms with Gasteiger partial charge >= 0.3 is 6.16 Å². The SMILES string of the molecule is CCCCC(CC)C(OOC(C)(C)C)OC(=O)OC(OOC(C)(C)C)C(CC)CCCC. The largest absolute Gasteiger partial charge is 0.513 e. The Morgan fingerprint density at radius 2 is 1.00 bits per heavy atom. The van der Waals surface area contributed by atoms with Gasteiger partial charge in [0.15, 0.2) is 0 Å². The van der Waals surface area contributed by atoms with Gasteiger partial charge < -0.3 is 9.47 Å². The number of hydrogen-bond acceptors (Lipinski definition) is 7. The van der Waals surface area contributed by atoms with E-state index in [1.165, 1.54) is 0 Å². The van der Waals surface area contributed by atoms with E-state index in [0.717, 1.165) is 51.4 Å². The van der Waals surface area contributed by atoms with Gasteiger partial charge in [-0.15, -0.1) is 0 Å². The molecule has 0 spiro atoms. The molecule has 0 fully saturated rings. The average Bonchev–Trinajstić information content (AvgIpc) is 2.69.